The lowest BCUT2D eigenvalue weighted by Gasteiger charge is -2.22. The highest BCUT2D eigenvalue weighted by molar-refractivity contribution is 6.22. The summed E-state index contributed by atoms with van der Waals surface area (Å²) in [4.78, 5) is 0. The van der Waals surface area contributed by atoms with E-state index >= 15 is 0 Å². The van der Waals surface area contributed by atoms with Crippen molar-refractivity contribution in [3.8, 4) is 44.5 Å². The molecule has 1 heterocycles. The van der Waals surface area contributed by atoms with Gasteiger partial charge in [-0.1, -0.05) is 172 Å². The summed E-state index contributed by atoms with van der Waals surface area (Å²) in [6, 6.07) is 62.4. The van der Waals surface area contributed by atoms with E-state index in [9.17, 15) is 0 Å². The summed E-state index contributed by atoms with van der Waals surface area (Å²) in [6.45, 7) is 4.74. The van der Waals surface area contributed by atoms with Gasteiger partial charge in [-0.05, 0) is 94.5 Å². The summed E-state index contributed by atoms with van der Waals surface area (Å²) >= 11 is 0. The highest BCUT2D eigenvalue weighted by Crippen LogP contribution is 2.53. The van der Waals surface area contributed by atoms with Crippen LogP contribution < -0.4 is 0 Å². The van der Waals surface area contributed by atoms with Gasteiger partial charge in [0.1, 0.15) is 11.2 Å². The van der Waals surface area contributed by atoms with Crippen LogP contribution >= 0.6 is 0 Å². The van der Waals surface area contributed by atoms with Gasteiger partial charge in [-0.3, -0.25) is 0 Å². The minimum atomic E-state index is -0.0662. The summed E-state index contributed by atoms with van der Waals surface area (Å²) < 4.78 is 6.40. The second kappa shape index (κ2) is 10.8. The maximum atomic E-state index is 6.40. The molecule has 9 aromatic carbocycles. The molecule has 10 aromatic rings. The number of furan rings is 1. The highest BCUT2D eigenvalue weighted by Gasteiger charge is 2.36. The quantitative estimate of drug-likeness (QED) is 0.172. The summed E-state index contributed by atoms with van der Waals surface area (Å²) in [7, 11) is 0. The predicted octanol–water partition coefficient (Wildman–Crippen LogP) is 14.4. The van der Waals surface area contributed by atoms with Gasteiger partial charge >= 0.3 is 0 Å². The van der Waals surface area contributed by atoms with Gasteiger partial charge < -0.3 is 4.42 Å². The van der Waals surface area contributed by atoms with Crippen LogP contribution in [0.1, 0.15) is 25.0 Å². The maximum Gasteiger partial charge on any atom is 0.143 e. The number of fused-ring (bicyclic) bond motifs is 10. The Morgan fingerprint density at radius 3 is 1.62 bits per heavy atom. The summed E-state index contributed by atoms with van der Waals surface area (Å²) in [5, 5.41) is 9.97. The Balaban J connectivity index is 1.11. The third kappa shape index (κ3) is 4.05. The standard InChI is InChI=1S/C51H34O/c1-51(2)44-28-27-34(30-43(44)49-35-13-4-3-12-31(35)26-29-45(49)51)48-40-17-7-5-15-38(40)47(39-16-6-8-18-41(39)48)33-24-22-32(23-25-33)36-19-11-20-42-37-14-9-10-21-46(37)52-50(36)42/h3-30H,1-2H3. The van der Waals surface area contributed by atoms with Crippen molar-refractivity contribution in [2.24, 2.45) is 0 Å². The molecule has 1 aromatic heterocycles. The average Bonchev–Trinajstić information content (AvgIpc) is 3.69. The summed E-state index contributed by atoms with van der Waals surface area (Å²) in [5.74, 6) is 0. The van der Waals surface area contributed by atoms with Crippen molar-refractivity contribution in [1.29, 1.82) is 0 Å². The topological polar surface area (TPSA) is 13.1 Å². The SMILES string of the molecule is CC1(C)c2ccc(-c3c4ccccc4c(-c4ccc(-c5cccc6c5oc5ccccc56)cc4)c4ccccc34)cc2-c2c1ccc1ccccc21. The number of hydrogen-bond donors (Lipinski definition) is 0. The highest BCUT2D eigenvalue weighted by atomic mass is 16.3. The molecule has 244 valence electrons. The molecular formula is C51H34O. The van der Waals surface area contributed by atoms with Crippen LogP contribution in [0.5, 0.6) is 0 Å². The number of para-hydroxylation sites is 2. The average molecular weight is 663 g/mol. The van der Waals surface area contributed by atoms with Crippen LogP contribution in [0.2, 0.25) is 0 Å². The van der Waals surface area contributed by atoms with E-state index in [2.05, 4.69) is 172 Å². The fourth-order valence-corrected chi connectivity index (χ4v) is 9.22. The molecule has 0 aliphatic heterocycles. The second-order valence-corrected chi connectivity index (χ2v) is 14.8. The molecule has 11 rings (SSSR count). The zero-order valence-corrected chi connectivity index (χ0v) is 29.1. The van der Waals surface area contributed by atoms with Crippen molar-refractivity contribution in [2.75, 3.05) is 0 Å². The third-order valence-corrected chi connectivity index (χ3v) is 11.7. The van der Waals surface area contributed by atoms with Gasteiger partial charge in [0.25, 0.3) is 0 Å². The molecule has 0 bridgehead atoms. The lowest BCUT2D eigenvalue weighted by molar-refractivity contribution is 0.661. The van der Waals surface area contributed by atoms with Crippen molar-refractivity contribution in [1.82, 2.24) is 0 Å². The molecular weight excluding hydrogens is 629 g/mol. The Labute approximate surface area is 302 Å². The van der Waals surface area contributed by atoms with E-state index in [1.807, 2.05) is 12.1 Å². The van der Waals surface area contributed by atoms with Crippen LogP contribution in [0.4, 0.5) is 0 Å². The van der Waals surface area contributed by atoms with E-state index in [0.29, 0.717) is 0 Å². The van der Waals surface area contributed by atoms with Crippen LogP contribution in [0.15, 0.2) is 174 Å². The van der Waals surface area contributed by atoms with E-state index in [0.717, 1.165) is 33.1 Å². The molecule has 0 radical (unpaired) electrons. The zero-order chi connectivity index (χ0) is 34.6. The molecule has 0 unspecified atom stereocenters. The van der Waals surface area contributed by atoms with Gasteiger partial charge in [0.2, 0.25) is 0 Å². The van der Waals surface area contributed by atoms with Gasteiger partial charge in [-0.2, -0.15) is 0 Å². The normalized spacial score (nSPS) is 13.3. The first-order chi connectivity index (χ1) is 25.6. The van der Waals surface area contributed by atoms with Gasteiger partial charge in [0.05, 0.1) is 0 Å². The minimum absolute atomic E-state index is 0.0662. The van der Waals surface area contributed by atoms with Crippen molar-refractivity contribution in [3.05, 3.63) is 181 Å². The number of benzene rings is 9. The largest absolute Gasteiger partial charge is 0.455 e. The Kier molecular flexibility index (Phi) is 6.08. The molecule has 52 heavy (non-hydrogen) atoms. The molecule has 1 heteroatoms. The molecule has 0 atom stereocenters. The first-order valence-electron chi connectivity index (χ1n) is 18.2. The van der Waals surface area contributed by atoms with Crippen molar-refractivity contribution in [2.45, 2.75) is 19.3 Å². The van der Waals surface area contributed by atoms with E-state index in [1.54, 1.807) is 0 Å². The summed E-state index contributed by atoms with van der Waals surface area (Å²) in [6.07, 6.45) is 0. The Morgan fingerprint density at radius 2 is 0.904 bits per heavy atom. The van der Waals surface area contributed by atoms with Crippen molar-refractivity contribution in [3.63, 3.8) is 0 Å². The van der Waals surface area contributed by atoms with Crippen LogP contribution in [-0.4, -0.2) is 0 Å². The first-order valence-corrected chi connectivity index (χ1v) is 18.2. The molecule has 0 fully saturated rings. The Morgan fingerprint density at radius 1 is 0.365 bits per heavy atom. The molecule has 0 saturated carbocycles. The van der Waals surface area contributed by atoms with Crippen LogP contribution in [-0.2, 0) is 5.41 Å². The van der Waals surface area contributed by atoms with Gasteiger partial charge in [0, 0.05) is 21.8 Å². The van der Waals surface area contributed by atoms with Gasteiger partial charge in [-0.15, -0.1) is 0 Å². The molecule has 0 N–H and O–H groups in total. The molecule has 0 amide bonds. The van der Waals surface area contributed by atoms with E-state index in [1.165, 1.54) is 76.8 Å². The van der Waals surface area contributed by atoms with E-state index in [4.69, 9.17) is 4.42 Å². The van der Waals surface area contributed by atoms with Crippen LogP contribution in [0, 0.1) is 0 Å². The molecule has 0 saturated heterocycles. The van der Waals surface area contributed by atoms with Gasteiger partial charge in [0.15, 0.2) is 0 Å². The fraction of sp³-hybridized carbons (Fsp3) is 0.0588. The monoisotopic (exact) mass is 662 g/mol. The molecule has 1 aliphatic carbocycles. The molecule has 1 nitrogen and oxygen atoms in total. The Hall–Kier alpha value is -6.44. The lowest BCUT2D eigenvalue weighted by atomic mass is 9.81. The zero-order valence-electron chi connectivity index (χ0n) is 29.1. The molecule has 1 aliphatic rings. The van der Waals surface area contributed by atoms with E-state index in [-0.39, 0.29) is 5.41 Å². The lowest BCUT2D eigenvalue weighted by Crippen LogP contribution is -2.14. The second-order valence-electron chi connectivity index (χ2n) is 14.8. The minimum Gasteiger partial charge on any atom is -0.455 e. The molecule has 0 spiro atoms. The van der Waals surface area contributed by atoms with Gasteiger partial charge in [-0.25, -0.2) is 0 Å². The number of rotatable bonds is 3. The maximum absolute atomic E-state index is 6.40. The third-order valence-electron chi connectivity index (χ3n) is 11.7. The summed E-state index contributed by atoms with van der Waals surface area (Å²) in [5.41, 5.74) is 14.6. The Bertz CT molecular complexity index is 3030. The fourth-order valence-electron chi connectivity index (χ4n) is 9.22. The predicted molar refractivity (Wildman–Crippen MR) is 220 cm³/mol. The van der Waals surface area contributed by atoms with Crippen LogP contribution in [0.3, 0.4) is 0 Å². The van der Waals surface area contributed by atoms with Crippen molar-refractivity contribution >= 4 is 54.3 Å². The van der Waals surface area contributed by atoms with Crippen LogP contribution in [0.25, 0.3) is 98.8 Å². The smallest absolute Gasteiger partial charge is 0.143 e. The van der Waals surface area contributed by atoms with E-state index < -0.39 is 0 Å². The number of hydrogen-bond acceptors (Lipinski definition) is 1. The first kappa shape index (κ1) is 29.3. The van der Waals surface area contributed by atoms with Crippen molar-refractivity contribution < 1.29 is 4.42 Å².